The van der Waals surface area contributed by atoms with Crippen LogP contribution in [-0.2, 0) is 12.4 Å². The highest BCUT2D eigenvalue weighted by molar-refractivity contribution is 7.09. The van der Waals surface area contributed by atoms with E-state index in [4.69, 9.17) is 11.6 Å². The minimum Gasteiger partial charge on any atom is -0.322 e. The van der Waals surface area contributed by atoms with Gasteiger partial charge < -0.3 is 4.57 Å². The number of aryl methyl sites for hydroxylation is 1. The number of aromatic nitrogens is 2. The number of nitrogens with zero attached hydrogens (tertiary/aromatic N) is 2. The maximum absolute atomic E-state index is 13.6. The molecule has 0 aliphatic rings. The zero-order valence-electron chi connectivity index (χ0n) is 10.4. The van der Waals surface area contributed by atoms with Crippen LogP contribution in [0.25, 0.3) is 11.0 Å². The maximum atomic E-state index is 13.6. The molecule has 0 fully saturated rings. The molecule has 0 unspecified atom stereocenters. The third-order valence-electron chi connectivity index (χ3n) is 3.12. The Labute approximate surface area is 119 Å². The summed E-state index contributed by atoms with van der Waals surface area (Å²) in [6.07, 6.45) is 0. The van der Waals surface area contributed by atoms with Gasteiger partial charge in [-0.3, -0.25) is 0 Å². The van der Waals surface area contributed by atoms with Crippen LogP contribution in [-0.4, -0.2) is 9.55 Å². The van der Waals surface area contributed by atoms with Gasteiger partial charge in [0.1, 0.15) is 11.6 Å². The Morgan fingerprint density at radius 2 is 2.26 bits per heavy atom. The average Bonchev–Trinajstić information content (AvgIpc) is 3.00. The molecule has 0 amide bonds. The summed E-state index contributed by atoms with van der Waals surface area (Å²) in [4.78, 5) is 5.64. The van der Waals surface area contributed by atoms with Crippen molar-refractivity contribution in [1.29, 1.82) is 0 Å². The van der Waals surface area contributed by atoms with Crippen LogP contribution >= 0.6 is 22.9 Å². The van der Waals surface area contributed by atoms with E-state index in [-0.39, 0.29) is 5.82 Å². The first-order valence-corrected chi connectivity index (χ1v) is 7.34. The van der Waals surface area contributed by atoms with Gasteiger partial charge in [0.2, 0.25) is 0 Å². The molecule has 2 heterocycles. The second-order valence-electron chi connectivity index (χ2n) is 4.42. The summed E-state index contributed by atoms with van der Waals surface area (Å²) in [5.74, 6) is 0.866. The van der Waals surface area contributed by atoms with Crippen LogP contribution in [0.1, 0.15) is 16.3 Å². The SMILES string of the molecule is Cc1cc2c(cc1F)nc(CCl)n2Cc1cccs1. The minimum absolute atomic E-state index is 0.227. The highest BCUT2D eigenvalue weighted by Crippen LogP contribution is 2.23. The number of hydrogen-bond acceptors (Lipinski definition) is 2. The van der Waals surface area contributed by atoms with Crippen LogP contribution in [0, 0.1) is 12.7 Å². The van der Waals surface area contributed by atoms with Gasteiger partial charge >= 0.3 is 0 Å². The van der Waals surface area contributed by atoms with E-state index in [2.05, 4.69) is 15.6 Å². The standard InChI is InChI=1S/C14H12ClFN2S/c1-9-5-13-12(6-11(9)16)17-14(7-15)18(13)8-10-3-2-4-19-10/h2-6H,7-8H2,1H3. The quantitative estimate of drug-likeness (QED) is 0.657. The molecule has 3 aromatic rings. The molecule has 19 heavy (non-hydrogen) atoms. The van der Waals surface area contributed by atoms with Crippen LogP contribution in [0.5, 0.6) is 0 Å². The summed E-state index contributed by atoms with van der Waals surface area (Å²) in [5.41, 5.74) is 2.22. The Morgan fingerprint density at radius 1 is 1.42 bits per heavy atom. The maximum Gasteiger partial charge on any atom is 0.128 e. The van der Waals surface area contributed by atoms with Gasteiger partial charge in [0.05, 0.1) is 23.5 Å². The summed E-state index contributed by atoms with van der Waals surface area (Å²) in [5, 5.41) is 2.04. The summed E-state index contributed by atoms with van der Waals surface area (Å²) in [6.45, 7) is 2.49. The highest BCUT2D eigenvalue weighted by Gasteiger charge is 2.13. The van der Waals surface area contributed by atoms with Crippen molar-refractivity contribution in [2.24, 2.45) is 0 Å². The number of halogens is 2. The number of rotatable bonds is 3. The van der Waals surface area contributed by atoms with Gasteiger partial charge in [0.15, 0.2) is 0 Å². The third kappa shape index (κ3) is 2.26. The summed E-state index contributed by atoms with van der Waals surface area (Å²) in [7, 11) is 0. The largest absolute Gasteiger partial charge is 0.322 e. The Balaban J connectivity index is 2.17. The van der Waals surface area contributed by atoms with Crippen molar-refractivity contribution >= 4 is 34.0 Å². The molecule has 5 heteroatoms. The molecular weight excluding hydrogens is 283 g/mol. The topological polar surface area (TPSA) is 17.8 Å². The molecular formula is C14H12ClFN2S. The number of imidazole rings is 1. The van der Waals surface area contributed by atoms with Crippen molar-refractivity contribution in [3.8, 4) is 0 Å². The van der Waals surface area contributed by atoms with Gasteiger partial charge in [-0.2, -0.15) is 0 Å². The molecule has 0 spiro atoms. The average molecular weight is 295 g/mol. The molecule has 2 nitrogen and oxygen atoms in total. The predicted molar refractivity (Wildman–Crippen MR) is 77.4 cm³/mol. The van der Waals surface area contributed by atoms with Gasteiger partial charge in [-0.1, -0.05) is 6.07 Å². The lowest BCUT2D eigenvalue weighted by molar-refractivity contribution is 0.620. The van der Waals surface area contributed by atoms with Crippen molar-refractivity contribution in [3.05, 3.63) is 51.7 Å². The lowest BCUT2D eigenvalue weighted by Gasteiger charge is -2.06. The molecule has 0 N–H and O–H groups in total. The van der Waals surface area contributed by atoms with Gasteiger partial charge in [0, 0.05) is 10.9 Å². The monoisotopic (exact) mass is 294 g/mol. The molecule has 1 aromatic carbocycles. The van der Waals surface area contributed by atoms with Crippen LogP contribution in [0.3, 0.4) is 0 Å². The van der Waals surface area contributed by atoms with Crippen LogP contribution in [0.15, 0.2) is 29.6 Å². The van der Waals surface area contributed by atoms with Crippen LogP contribution in [0.2, 0.25) is 0 Å². The van der Waals surface area contributed by atoms with E-state index in [9.17, 15) is 4.39 Å². The van der Waals surface area contributed by atoms with Crippen molar-refractivity contribution in [2.75, 3.05) is 0 Å². The molecule has 98 valence electrons. The van der Waals surface area contributed by atoms with E-state index in [0.717, 1.165) is 17.9 Å². The molecule has 0 saturated carbocycles. The second kappa shape index (κ2) is 4.94. The fourth-order valence-electron chi connectivity index (χ4n) is 2.14. The Morgan fingerprint density at radius 3 is 2.95 bits per heavy atom. The summed E-state index contributed by atoms with van der Waals surface area (Å²) in [6, 6.07) is 7.41. The molecule has 3 rings (SSSR count). The van der Waals surface area contributed by atoms with Crippen LogP contribution in [0.4, 0.5) is 4.39 Å². The molecule has 0 atom stereocenters. The zero-order chi connectivity index (χ0) is 13.4. The Hall–Kier alpha value is -1.39. The molecule has 0 aliphatic heterocycles. The van der Waals surface area contributed by atoms with E-state index in [0.29, 0.717) is 17.0 Å². The van der Waals surface area contributed by atoms with Gasteiger partial charge in [0.25, 0.3) is 0 Å². The predicted octanol–water partition coefficient (Wildman–Crippen LogP) is 4.33. The molecule has 2 aromatic heterocycles. The highest BCUT2D eigenvalue weighted by atomic mass is 35.5. The van der Waals surface area contributed by atoms with Crippen molar-refractivity contribution in [1.82, 2.24) is 9.55 Å². The number of hydrogen-bond donors (Lipinski definition) is 0. The Kier molecular flexibility index (Phi) is 3.29. The fourth-order valence-corrected chi connectivity index (χ4v) is 3.03. The third-order valence-corrected chi connectivity index (χ3v) is 4.22. The molecule has 0 aliphatic carbocycles. The summed E-state index contributed by atoms with van der Waals surface area (Å²) >= 11 is 7.64. The smallest absolute Gasteiger partial charge is 0.128 e. The van der Waals surface area contributed by atoms with Gasteiger partial charge in [-0.15, -0.1) is 22.9 Å². The van der Waals surface area contributed by atoms with Crippen LogP contribution < -0.4 is 0 Å². The lowest BCUT2D eigenvalue weighted by atomic mass is 10.2. The van der Waals surface area contributed by atoms with E-state index in [1.54, 1.807) is 18.3 Å². The fraction of sp³-hybridized carbons (Fsp3) is 0.214. The number of benzene rings is 1. The minimum atomic E-state index is -0.227. The van der Waals surface area contributed by atoms with Gasteiger partial charge in [-0.05, 0) is 30.0 Å². The first kappa shape index (κ1) is 12.6. The number of alkyl halides is 1. The lowest BCUT2D eigenvalue weighted by Crippen LogP contribution is -2.02. The molecule has 0 bridgehead atoms. The zero-order valence-corrected chi connectivity index (χ0v) is 11.9. The van der Waals surface area contributed by atoms with Crippen molar-refractivity contribution < 1.29 is 4.39 Å². The molecule has 0 saturated heterocycles. The van der Waals surface area contributed by atoms with E-state index in [1.807, 2.05) is 17.5 Å². The van der Waals surface area contributed by atoms with E-state index >= 15 is 0 Å². The van der Waals surface area contributed by atoms with Crippen molar-refractivity contribution in [3.63, 3.8) is 0 Å². The Bertz CT molecular complexity index is 719. The first-order valence-electron chi connectivity index (χ1n) is 5.92. The van der Waals surface area contributed by atoms with Crippen molar-refractivity contribution in [2.45, 2.75) is 19.3 Å². The normalized spacial score (nSPS) is 11.3. The van der Waals surface area contributed by atoms with E-state index in [1.165, 1.54) is 10.9 Å². The van der Waals surface area contributed by atoms with Gasteiger partial charge in [-0.25, -0.2) is 9.37 Å². The first-order chi connectivity index (χ1) is 9.19. The molecule has 0 radical (unpaired) electrons. The van der Waals surface area contributed by atoms with E-state index < -0.39 is 0 Å². The number of fused-ring (bicyclic) bond motifs is 1. The summed E-state index contributed by atoms with van der Waals surface area (Å²) < 4.78 is 15.6. The number of thiophene rings is 1. The second-order valence-corrected chi connectivity index (χ2v) is 5.72.